The van der Waals surface area contributed by atoms with Crippen molar-refractivity contribution in [2.45, 2.75) is 6.10 Å². The summed E-state index contributed by atoms with van der Waals surface area (Å²) in [6.45, 7) is 0.108. The number of thiophene rings is 2. The Labute approximate surface area is 163 Å². The highest BCUT2D eigenvalue weighted by Crippen LogP contribution is 2.33. The Hall–Kier alpha value is -2.74. The van der Waals surface area contributed by atoms with E-state index in [2.05, 4.69) is 10.5 Å². The van der Waals surface area contributed by atoms with Crippen molar-refractivity contribution in [2.75, 3.05) is 6.54 Å². The van der Waals surface area contributed by atoms with Gasteiger partial charge in [0.2, 0.25) is 0 Å². The molecule has 3 aromatic heterocycles. The van der Waals surface area contributed by atoms with Crippen molar-refractivity contribution in [3.63, 3.8) is 0 Å². The van der Waals surface area contributed by atoms with Crippen molar-refractivity contribution in [3.8, 4) is 21.1 Å². The predicted octanol–water partition coefficient (Wildman–Crippen LogP) is 4.60. The summed E-state index contributed by atoms with van der Waals surface area (Å²) in [5, 5.41) is 18.9. The first-order valence-electron chi connectivity index (χ1n) is 8.33. The molecular formula is C20H16N2O3S2. The molecule has 27 heavy (non-hydrogen) atoms. The van der Waals surface area contributed by atoms with Crippen LogP contribution < -0.4 is 5.32 Å². The minimum absolute atomic E-state index is 0.108. The van der Waals surface area contributed by atoms with E-state index in [1.54, 1.807) is 17.4 Å². The number of aliphatic hydroxyl groups excluding tert-OH is 1. The molecule has 0 saturated carbocycles. The molecule has 0 aliphatic heterocycles. The molecule has 7 heteroatoms. The third-order valence-corrected chi connectivity index (χ3v) is 6.23. The minimum atomic E-state index is -0.770. The van der Waals surface area contributed by atoms with Gasteiger partial charge in [0.25, 0.3) is 5.91 Å². The molecule has 1 atom stereocenters. The van der Waals surface area contributed by atoms with Gasteiger partial charge < -0.3 is 14.9 Å². The number of nitrogens with zero attached hydrogens (tertiary/aromatic N) is 1. The molecule has 5 nitrogen and oxygen atoms in total. The lowest BCUT2D eigenvalue weighted by atomic mass is 10.1. The summed E-state index contributed by atoms with van der Waals surface area (Å²) in [4.78, 5) is 15.4. The Balaban J connectivity index is 1.37. The van der Waals surface area contributed by atoms with Crippen LogP contribution in [-0.2, 0) is 0 Å². The Morgan fingerprint density at radius 3 is 2.74 bits per heavy atom. The van der Waals surface area contributed by atoms with Gasteiger partial charge in [-0.25, -0.2) is 0 Å². The van der Waals surface area contributed by atoms with Crippen molar-refractivity contribution >= 4 is 28.6 Å². The predicted molar refractivity (Wildman–Crippen MR) is 107 cm³/mol. The highest BCUT2D eigenvalue weighted by molar-refractivity contribution is 7.21. The standard InChI is InChI=1S/C20H16N2O3S2/c23-15(17-8-9-19(27-17)18-7-4-10-26-18)12-21-20(24)14-11-16(25-22-14)13-5-2-1-3-6-13/h1-11,15,23H,12H2,(H,21,24). The van der Waals surface area contributed by atoms with Crippen LogP contribution >= 0.6 is 22.7 Å². The van der Waals surface area contributed by atoms with Crippen LogP contribution in [0.25, 0.3) is 21.1 Å². The maximum absolute atomic E-state index is 12.3. The number of benzene rings is 1. The summed E-state index contributed by atoms with van der Waals surface area (Å²) >= 11 is 3.18. The molecule has 0 radical (unpaired) electrons. The van der Waals surface area contributed by atoms with E-state index in [9.17, 15) is 9.90 Å². The third kappa shape index (κ3) is 4.00. The van der Waals surface area contributed by atoms with Crippen molar-refractivity contribution in [2.24, 2.45) is 0 Å². The molecular weight excluding hydrogens is 380 g/mol. The smallest absolute Gasteiger partial charge is 0.273 e. The fourth-order valence-corrected chi connectivity index (χ4v) is 4.41. The zero-order chi connectivity index (χ0) is 18.6. The van der Waals surface area contributed by atoms with Crippen LogP contribution in [0.1, 0.15) is 21.5 Å². The molecule has 0 fully saturated rings. The number of hydrogen-bond acceptors (Lipinski definition) is 6. The van der Waals surface area contributed by atoms with Gasteiger partial charge in [-0.15, -0.1) is 22.7 Å². The Bertz CT molecular complexity index is 1020. The molecule has 1 unspecified atom stereocenters. The highest BCUT2D eigenvalue weighted by atomic mass is 32.1. The molecule has 0 bridgehead atoms. The van der Waals surface area contributed by atoms with Gasteiger partial charge in [-0.2, -0.15) is 0 Å². The topological polar surface area (TPSA) is 75.4 Å². The number of aliphatic hydroxyl groups is 1. The highest BCUT2D eigenvalue weighted by Gasteiger charge is 2.17. The summed E-state index contributed by atoms with van der Waals surface area (Å²) in [6, 6.07) is 19.0. The summed E-state index contributed by atoms with van der Waals surface area (Å²) in [6.07, 6.45) is -0.770. The van der Waals surface area contributed by atoms with E-state index in [4.69, 9.17) is 4.52 Å². The fourth-order valence-electron chi connectivity index (χ4n) is 2.58. The molecule has 4 rings (SSSR count). The quantitative estimate of drug-likeness (QED) is 0.500. The van der Waals surface area contributed by atoms with Crippen molar-refractivity contribution in [1.29, 1.82) is 0 Å². The summed E-state index contributed by atoms with van der Waals surface area (Å²) in [7, 11) is 0. The lowest BCUT2D eigenvalue weighted by Gasteiger charge is -2.08. The number of aromatic nitrogens is 1. The largest absolute Gasteiger partial charge is 0.386 e. The van der Waals surface area contributed by atoms with E-state index >= 15 is 0 Å². The van der Waals surface area contributed by atoms with E-state index in [0.29, 0.717) is 5.76 Å². The van der Waals surface area contributed by atoms with Crippen LogP contribution in [0.3, 0.4) is 0 Å². The second-order valence-electron chi connectivity index (χ2n) is 5.85. The third-order valence-electron chi connectivity index (χ3n) is 3.98. The van der Waals surface area contributed by atoms with Crippen LogP contribution in [0.5, 0.6) is 0 Å². The molecule has 4 aromatic rings. The second-order valence-corrected chi connectivity index (χ2v) is 7.91. The summed E-state index contributed by atoms with van der Waals surface area (Å²) in [5.41, 5.74) is 1.04. The van der Waals surface area contributed by atoms with Gasteiger partial charge in [0, 0.05) is 32.8 Å². The van der Waals surface area contributed by atoms with E-state index in [1.165, 1.54) is 16.2 Å². The molecule has 0 saturated heterocycles. The first-order chi connectivity index (χ1) is 13.2. The molecule has 136 valence electrons. The number of amides is 1. The zero-order valence-electron chi connectivity index (χ0n) is 14.2. The van der Waals surface area contributed by atoms with Crippen molar-refractivity contribution in [1.82, 2.24) is 10.5 Å². The fraction of sp³-hybridized carbons (Fsp3) is 0.100. The van der Waals surface area contributed by atoms with Gasteiger partial charge in [-0.3, -0.25) is 4.79 Å². The lowest BCUT2D eigenvalue weighted by molar-refractivity contribution is 0.0909. The summed E-state index contributed by atoms with van der Waals surface area (Å²) in [5.74, 6) is 0.148. The molecule has 1 amide bonds. The Morgan fingerprint density at radius 2 is 1.96 bits per heavy atom. The number of carbonyl (C=O) groups excluding carboxylic acids is 1. The van der Waals surface area contributed by atoms with E-state index < -0.39 is 6.10 Å². The number of hydrogen-bond donors (Lipinski definition) is 2. The molecule has 3 heterocycles. The molecule has 2 N–H and O–H groups in total. The van der Waals surface area contributed by atoms with Gasteiger partial charge in [0.1, 0.15) is 6.10 Å². The van der Waals surface area contributed by atoms with Gasteiger partial charge in [-0.05, 0) is 23.6 Å². The second kappa shape index (κ2) is 7.87. The zero-order valence-corrected chi connectivity index (χ0v) is 15.8. The number of nitrogens with one attached hydrogen (secondary N) is 1. The van der Waals surface area contributed by atoms with E-state index in [0.717, 1.165) is 15.3 Å². The SMILES string of the molecule is O=C(NCC(O)c1ccc(-c2cccs2)s1)c1cc(-c2ccccc2)on1. The van der Waals surface area contributed by atoms with Gasteiger partial charge in [0.15, 0.2) is 11.5 Å². The average molecular weight is 396 g/mol. The van der Waals surface area contributed by atoms with Gasteiger partial charge in [0.05, 0.1) is 0 Å². The van der Waals surface area contributed by atoms with Crippen LogP contribution in [-0.4, -0.2) is 22.7 Å². The molecule has 1 aromatic carbocycles. The minimum Gasteiger partial charge on any atom is -0.386 e. The van der Waals surface area contributed by atoms with Gasteiger partial charge >= 0.3 is 0 Å². The van der Waals surface area contributed by atoms with Gasteiger partial charge in [-0.1, -0.05) is 41.6 Å². The van der Waals surface area contributed by atoms with Crippen LogP contribution in [0.4, 0.5) is 0 Å². The van der Waals surface area contributed by atoms with Crippen LogP contribution in [0, 0.1) is 0 Å². The Morgan fingerprint density at radius 1 is 1.11 bits per heavy atom. The first-order valence-corrected chi connectivity index (χ1v) is 10.0. The maximum Gasteiger partial charge on any atom is 0.273 e. The molecule has 0 spiro atoms. The maximum atomic E-state index is 12.3. The van der Waals surface area contributed by atoms with E-state index in [-0.39, 0.29) is 18.1 Å². The van der Waals surface area contributed by atoms with Crippen LogP contribution in [0.2, 0.25) is 0 Å². The first kappa shape index (κ1) is 17.7. The summed E-state index contributed by atoms with van der Waals surface area (Å²) < 4.78 is 5.24. The van der Waals surface area contributed by atoms with E-state index in [1.807, 2.05) is 60.0 Å². The lowest BCUT2D eigenvalue weighted by Crippen LogP contribution is -2.28. The van der Waals surface area contributed by atoms with Crippen LogP contribution in [0.15, 0.2) is 70.6 Å². The van der Waals surface area contributed by atoms with Crippen molar-refractivity contribution in [3.05, 3.63) is 76.6 Å². The number of rotatable bonds is 6. The molecule has 0 aliphatic rings. The van der Waals surface area contributed by atoms with Crippen molar-refractivity contribution < 1.29 is 14.4 Å². The normalized spacial score (nSPS) is 12.0. The monoisotopic (exact) mass is 396 g/mol. The Kier molecular flexibility index (Phi) is 5.15. The number of carbonyl (C=O) groups is 1. The molecule has 0 aliphatic carbocycles. The average Bonchev–Trinajstić information content (AvgIpc) is 3.47.